The van der Waals surface area contributed by atoms with Gasteiger partial charge in [0.2, 0.25) is 4.96 Å². The van der Waals surface area contributed by atoms with Crippen molar-refractivity contribution in [1.29, 1.82) is 0 Å². The SMILES string of the molecule is Fc1ccc(-c2ccc(-c3nn4c(Cc5ccccc5)nnc4s3)o2)cc1. The van der Waals surface area contributed by atoms with Gasteiger partial charge in [0.15, 0.2) is 16.6 Å². The first kappa shape index (κ1) is 15.9. The minimum absolute atomic E-state index is 0.273. The van der Waals surface area contributed by atoms with E-state index in [1.54, 1.807) is 16.6 Å². The molecule has 5 aromatic rings. The predicted octanol–water partition coefficient (Wildman–Crippen LogP) is 4.84. The van der Waals surface area contributed by atoms with Gasteiger partial charge in [-0.05, 0) is 42.0 Å². The number of rotatable bonds is 4. The van der Waals surface area contributed by atoms with Crippen LogP contribution in [0.3, 0.4) is 0 Å². The van der Waals surface area contributed by atoms with Crippen LogP contribution in [0.4, 0.5) is 4.39 Å². The average Bonchev–Trinajstić information content (AvgIpc) is 3.40. The summed E-state index contributed by atoms with van der Waals surface area (Å²) in [6.45, 7) is 0. The van der Waals surface area contributed by atoms with Crippen LogP contribution in [0.1, 0.15) is 11.4 Å². The molecule has 0 saturated heterocycles. The van der Waals surface area contributed by atoms with E-state index in [0.717, 1.165) is 26.9 Å². The molecule has 3 aromatic heterocycles. The molecule has 0 fully saturated rings. The van der Waals surface area contributed by atoms with Crippen LogP contribution in [-0.4, -0.2) is 19.8 Å². The Hall–Kier alpha value is -3.32. The fourth-order valence-electron chi connectivity index (χ4n) is 2.87. The summed E-state index contributed by atoms with van der Waals surface area (Å²) in [4.78, 5) is 0.718. The third kappa shape index (κ3) is 3.02. The summed E-state index contributed by atoms with van der Waals surface area (Å²) in [5.74, 6) is 1.82. The largest absolute Gasteiger partial charge is 0.454 e. The van der Waals surface area contributed by atoms with E-state index in [9.17, 15) is 4.39 Å². The minimum atomic E-state index is -0.273. The number of halogens is 1. The van der Waals surface area contributed by atoms with Gasteiger partial charge in [0.05, 0.1) is 0 Å². The lowest BCUT2D eigenvalue weighted by atomic mass is 10.1. The van der Waals surface area contributed by atoms with E-state index in [1.165, 1.54) is 23.5 Å². The van der Waals surface area contributed by atoms with Gasteiger partial charge in [0.1, 0.15) is 11.6 Å². The lowest BCUT2D eigenvalue weighted by Crippen LogP contribution is -1.97. The van der Waals surface area contributed by atoms with Gasteiger partial charge < -0.3 is 4.42 Å². The van der Waals surface area contributed by atoms with Gasteiger partial charge in [-0.15, -0.1) is 15.3 Å². The van der Waals surface area contributed by atoms with Crippen LogP contribution in [0, 0.1) is 5.82 Å². The molecule has 0 radical (unpaired) electrons. The Morgan fingerprint density at radius 1 is 0.889 bits per heavy atom. The van der Waals surface area contributed by atoms with Crippen molar-refractivity contribution in [3.05, 3.63) is 83.9 Å². The standard InChI is InChI=1S/C20H13FN4OS/c21-15-8-6-14(7-9-15)16-10-11-17(26-16)19-24-25-18(22-23-20(25)27-19)12-13-4-2-1-3-5-13/h1-11H,12H2. The quantitative estimate of drug-likeness (QED) is 0.450. The molecule has 132 valence electrons. The molecule has 2 aromatic carbocycles. The van der Waals surface area contributed by atoms with Gasteiger partial charge in [0, 0.05) is 12.0 Å². The molecule has 5 nitrogen and oxygen atoms in total. The molecular formula is C20H13FN4OS. The first-order chi connectivity index (χ1) is 13.3. The molecule has 0 aliphatic heterocycles. The number of benzene rings is 2. The first-order valence-corrected chi connectivity index (χ1v) is 9.19. The highest BCUT2D eigenvalue weighted by Gasteiger charge is 2.16. The van der Waals surface area contributed by atoms with Crippen LogP contribution in [-0.2, 0) is 6.42 Å². The highest BCUT2D eigenvalue weighted by molar-refractivity contribution is 7.19. The van der Waals surface area contributed by atoms with Crippen molar-refractivity contribution in [2.45, 2.75) is 6.42 Å². The molecule has 0 amide bonds. The van der Waals surface area contributed by atoms with Gasteiger partial charge in [-0.3, -0.25) is 0 Å². The lowest BCUT2D eigenvalue weighted by Gasteiger charge is -1.97. The molecule has 3 heterocycles. The average molecular weight is 376 g/mol. The van der Waals surface area contributed by atoms with E-state index >= 15 is 0 Å². The van der Waals surface area contributed by atoms with Gasteiger partial charge in [-0.2, -0.15) is 4.52 Å². The maximum atomic E-state index is 13.1. The molecule has 0 unspecified atom stereocenters. The molecule has 0 saturated carbocycles. The van der Waals surface area contributed by atoms with Gasteiger partial charge in [0.25, 0.3) is 0 Å². The summed E-state index contributed by atoms with van der Waals surface area (Å²) in [5.41, 5.74) is 1.97. The van der Waals surface area contributed by atoms with Crippen LogP contribution in [0.2, 0.25) is 0 Å². The Morgan fingerprint density at radius 3 is 2.48 bits per heavy atom. The van der Waals surface area contributed by atoms with Crippen LogP contribution < -0.4 is 0 Å². The molecule has 7 heteroatoms. The normalized spacial score (nSPS) is 11.3. The van der Waals surface area contributed by atoms with E-state index in [0.29, 0.717) is 17.9 Å². The zero-order chi connectivity index (χ0) is 18.2. The molecule has 0 aliphatic rings. The number of hydrogen-bond acceptors (Lipinski definition) is 5. The van der Waals surface area contributed by atoms with Crippen molar-refractivity contribution in [2.24, 2.45) is 0 Å². The number of furan rings is 1. The van der Waals surface area contributed by atoms with Crippen molar-refractivity contribution in [1.82, 2.24) is 19.8 Å². The van der Waals surface area contributed by atoms with E-state index in [4.69, 9.17) is 4.42 Å². The molecule has 0 spiro atoms. The molecule has 0 N–H and O–H groups in total. The fraction of sp³-hybridized carbons (Fsp3) is 0.0500. The summed E-state index contributed by atoms with van der Waals surface area (Å²) < 4.78 is 20.8. The Balaban J connectivity index is 1.47. The highest BCUT2D eigenvalue weighted by atomic mass is 32.1. The summed E-state index contributed by atoms with van der Waals surface area (Å²) in [5, 5.41) is 13.8. The zero-order valence-electron chi connectivity index (χ0n) is 14.0. The van der Waals surface area contributed by atoms with E-state index in [1.807, 2.05) is 30.3 Å². The second-order valence-corrected chi connectivity index (χ2v) is 7.01. The Kier molecular flexibility index (Phi) is 3.79. The lowest BCUT2D eigenvalue weighted by molar-refractivity contribution is 0.594. The number of hydrogen-bond donors (Lipinski definition) is 0. The summed E-state index contributed by atoms with van der Waals surface area (Å²) in [7, 11) is 0. The minimum Gasteiger partial charge on any atom is -0.454 e. The Morgan fingerprint density at radius 2 is 1.67 bits per heavy atom. The predicted molar refractivity (Wildman–Crippen MR) is 101 cm³/mol. The number of aromatic nitrogens is 4. The maximum absolute atomic E-state index is 13.1. The van der Waals surface area contributed by atoms with Gasteiger partial charge >= 0.3 is 0 Å². The van der Waals surface area contributed by atoms with Gasteiger partial charge in [-0.1, -0.05) is 41.7 Å². The second-order valence-electron chi connectivity index (χ2n) is 6.05. The highest BCUT2D eigenvalue weighted by Crippen LogP contribution is 2.31. The third-order valence-corrected chi connectivity index (χ3v) is 5.12. The molecule has 27 heavy (non-hydrogen) atoms. The first-order valence-electron chi connectivity index (χ1n) is 8.37. The van der Waals surface area contributed by atoms with E-state index in [2.05, 4.69) is 27.4 Å². The van der Waals surface area contributed by atoms with Crippen molar-refractivity contribution >= 4 is 16.3 Å². The zero-order valence-corrected chi connectivity index (χ0v) is 14.9. The monoisotopic (exact) mass is 376 g/mol. The van der Waals surface area contributed by atoms with E-state index < -0.39 is 0 Å². The molecular weight excluding hydrogens is 363 g/mol. The second kappa shape index (κ2) is 6.44. The smallest absolute Gasteiger partial charge is 0.235 e. The number of fused-ring (bicyclic) bond motifs is 1. The van der Waals surface area contributed by atoms with Crippen molar-refractivity contribution in [3.8, 4) is 22.1 Å². The van der Waals surface area contributed by atoms with Crippen molar-refractivity contribution in [2.75, 3.05) is 0 Å². The van der Waals surface area contributed by atoms with Crippen LogP contribution >= 0.6 is 11.3 Å². The van der Waals surface area contributed by atoms with E-state index in [-0.39, 0.29) is 5.82 Å². The Labute approximate surface area is 157 Å². The van der Waals surface area contributed by atoms with Gasteiger partial charge in [-0.25, -0.2) is 4.39 Å². The molecule has 0 bridgehead atoms. The van der Waals surface area contributed by atoms with Crippen molar-refractivity contribution < 1.29 is 8.81 Å². The summed E-state index contributed by atoms with van der Waals surface area (Å²) in [6.07, 6.45) is 0.657. The van der Waals surface area contributed by atoms with Crippen LogP contribution in [0.25, 0.3) is 27.1 Å². The topological polar surface area (TPSA) is 56.2 Å². The van der Waals surface area contributed by atoms with Crippen LogP contribution in [0.5, 0.6) is 0 Å². The fourth-order valence-corrected chi connectivity index (χ4v) is 3.69. The maximum Gasteiger partial charge on any atom is 0.235 e. The summed E-state index contributed by atoms with van der Waals surface area (Å²) in [6, 6.07) is 20.0. The summed E-state index contributed by atoms with van der Waals surface area (Å²) >= 11 is 1.42. The molecule has 0 atom stereocenters. The Bertz CT molecular complexity index is 1210. The van der Waals surface area contributed by atoms with Crippen LogP contribution in [0.15, 0.2) is 71.1 Å². The molecule has 0 aliphatic carbocycles. The third-order valence-electron chi connectivity index (χ3n) is 4.21. The van der Waals surface area contributed by atoms with Crippen molar-refractivity contribution in [3.63, 3.8) is 0 Å². The molecule has 5 rings (SSSR count). The number of nitrogens with zero attached hydrogens (tertiary/aromatic N) is 4.